The van der Waals surface area contributed by atoms with E-state index in [2.05, 4.69) is 9.71 Å². The molecule has 1 aromatic carbocycles. The number of hydrogen-bond donors (Lipinski definition) is 1. The second kappa shape index (κ2) is 10.6. The zero-order chi connectivity index (χ0) is 19.9. The number of rotatable bonds is 6. The van der Waals surface area contributed by atoms with Gasteiger partial charge in [0.05, 0.1) is 19.1 Å². The summed E-state index contributed by atoms with van der Waals surface area (Å²) in [5.74, 6) is -0.0192. The summed E-state index contributed by atoms with van der Waals surface area (Å²) in [6, 6.07) is 6.44. The minimum absolute atomic E-state index is 0. The SMILES string of the molecule is CCS(=O)(=O)Nc1ccc(C(=O)Cn2cc[n+](C)c2)cc1.Cn1ccnc1.[Cl-]. The number of ketones is 1. The van der Waals surface area contributed by atoms with Crippen molar-refractivity contribution in [3.63, 3.8) is 0 Å². The third kappa shape index (κ3) is 7.53. The van der Waals surface area contributed by atoms with Gasteiger partial charge in [-0.05, 0) is 31.2 Å². The molecule has 0 aliphatic rings. The first kappa shape index (κ1) is 23.4. The Morgan fingerprint density at radius 3 is 2.32 bits per heavy atom. The third-order valence-corrected chi connectivity index (χ3v) is 4.95. The fourth-order valence-corrected chi connectivity index (χ4v) is 2.79. The van der Waals surface area contributed by atoms with Crippen LogP contribution in [0.25, 0.3) is 0 Å². The van der Waals surface area contributed by atoms with Crippen molar-refractivity contribution in [3.05, 3.63) is 67.3 Å². The molecular formula is C18H24ClN5O3S. The second-order valence-electron chi connectivity index (χ2n) is 5.99. The van der Waals surface area contributed by atoms with Crippen LogP contribution in [0.2, 0.25) is 0 Å². The zero-order valence-corrected chi connectivity index (χ0v) is 17.6. The van der Waals surface area contributed by atoms with E-state index in [1.165, 1.54) is 0 Å². The predicted molar refractivity (Wildman–Crippen MR) is 103 cm³/mol. The maximum atomic E-state index is 12.1. The minimum atomic E-state index is -3.29. The second-order valence-corrected chi connectivity index (χ2v) is 8.00. The van der Waals surface area contributed by atoms with Crippen LogP contribution in [0, 0.1) is 0 Å². The van der Waals surface area contributed by atoms with Crippen molar-refractivity contribution in [2.75, 3.05) is 10.5 Å². The Bertz CT molecular complexity index is 967. The molecule has 0 aliphatic heterocycles. The summed E-state index contributed by atoms with van der Waals surface area (Å²) in [6.45, 7) is 1.82. The summed E-state index contributed by atoms with van der Waals surface area (Å²) in [6.07, 6.45) is 10.9. The highest BCUT2D eigenvalue weighted by molar-refractivity contribution is 7.92. The predicted octanol–water partition coefficient (Wildman–Crippen LogP) is -1.62. The maximum Gasteiger partial charge on any atom is 0.243 e. The van der Waals surface area contributed by atoms with Gasteiger partial charge in [0.15, 0.2) is 6.54 Å². The molecule has 0 bridgehead atoms. The van der Waals surface area contributed by atoms with Crippen LogP contribution in [0.3, 0.4) is 0 Å². The fraction of sp³-hybridized carbons (Fsp3) is 0.278. The molecule has 0 unspecified atom stereocenters. The lowest BCUT2D eigenvalue weighted by atomic mass is 10.1. The summed E-state index contributed by atoms with van der Waals surface area (Å²) in [7, 11) is 0.529. The number of Topliss-reactive ketones (excluding diaryl/α,β-unsaturated/α-hetero) is 1. The number of anilines is 1. The van der Waals surface area contributed by atoms with Gasteiger partial charge in [-0.3, -0.25) is 9.52 Å². The quantitative estimate of drug-likeness (QED) is 0.380. The van der Waals surface area contributed by atoms with Crippen LogP contribution in [-0.4, -0.2) is 34.1 Å². The van der Waals surface area contributed by atoms with E-state index >= 15 is 0 Å². The van der Waals surface area contributed by atoms with Gasteiger partial charge in [0.2, 0.25) is 22.1 Å². The Hall–Kier alpha value is -2.65. The van der Waals surface area contributed by atoms with E-state index in [1.807, 2.05) is 48.1 Å². The summed E-state index contributed by atoms with van der Waals surface area (Å²) in [4.78, 5) is 15.9. The van der Waals surface area contributed by atoms with Gasteiger partial charge in [0.1, 0.15) is 12.4 Å². The minimum Gasteiger partial charge on any atom is -1.00 e. The number of benzene rings is 1. The van der Waals surface area contributed by atoms with Crippen molar-refractivity contribution in [2.24, 2.45) is 14.1 Å². The third-order valence-electron chi connectivity index (χ3n) is 3.65. The average Bonchev–Trinajstić information content (AvgIpc) is 3.27. The zero-order valence-electron chi connectivity index (χ0n) is 16.0. The van der Waals surface area contributed by atoms with Crippen LogP contribution in [0.1, 0.15) is 17.3 Å². The Morgan fingerprint density at radius 1 is 1.21 bits per heavy atom. The molecule has 0 aliphatic carbocycles. The number of carbonyl (C=O) groups excluding carboxylic acids is 1. The number of aryl methyl sites for hydroxylation is 2. The van der Waals surface area contributed by atoms with Crippen molar-refractivity contribution in [3.8, 4) is 0 Å². The van der Waals surface area contributed by atoms with Gasteiger partial charge >= 0.3 is 0 Å². The van der Waals surface area contributed by atoms with Gasteiger partial charge in [-0.15, -0.1) is 0 Å². The molecule has 28 heavy (non-hydrogen) atoms. The van der Waals surface area contributed by atoms with Gasteiger partial charge in [-0.1, -0.05) is 0 Å². The lowest BCUT2D eigenvalue weighted by Crippen LogP contribution is -3.00. The van der Waals surface area contributed by atoms with Crippen LogP contribution in [0.15, 0.2) is 61.7 Å². The molecule has 0 saturated carbocycles. The Labute approximate surface area is 171 Å². The molecule has 2 heterocycles. The van der Waals surface area contributed by atoms with E-state index in [1.54, 1.807) is 48.3 Å². The molecule has 10 heteroatoms. The van der Waals surface area contributed by atoms with Crippen molar-refractivity contribution >= 4 is 21.5 Å². The smallest absolute Gasteiger partial charge is 0.243 e. The highest BCUT2D eigenvalue weighted by Gasteiger charge is 2.12. The number of imidazole rings is 2. The molecule has 0 spiro atoms. The number of carbonyl (C=O) groups is 1. The lowest BCUT2D eigenvalue weighted by Gasteiger charge is -2.06. The van der Waals surface area contributed by atoms with Crippen molar-refractivity contribution < 1.29 is 30.2 Å². The summed E-state index contributed by atoms with van der Waals surface area (Å²) in [5.41, 5.74) is 1.01. The highest BCUT2D eigenvalue weighted by Crippen LogP contribution is 2.12. The van der Waals surface area contributed by atoms with Crippen LogP contribution in [-0.2, 0) is 30.7 Å². The van der Waals surface area contributed by atoms with E-state index in [4.69, 9.17) is 0 Å². The molecule has 0 atom stereocenters. The number of hydrogen-bond acceptors (Lipinski definition) is 4. The van der Waals surface area contributed by atoms with Gasteiger partial charge in [0, 0.05) is 30.7 Å². The summed E-state index contributed by atoms with van der Waals surface area (Å²) in [5, 5.41) is 0. The number of nitrogens with zero attached hydrogens (tertiary/aromatic N) is 4. The molecule has 3 aromatic rings. The molecule has 152 valence electrons. The summed E-state index contributed by atoms with van der Waals surface area (Å²) < 4.78 is 30.9. The van der Waals surface area contributed by atoms with Crippen LogP contribution in [0.4, 0.5) is 5.69 Å². The van der Waals surface area contributed by atoms with E-state index in [9.17, 15) is 13.2 Å². The first-order valence-electron chi connectivity index (χ1n) is 8.36. The van der Waals surface area contributed by atoms with Crippen molar-refractivity contribution in [1.29, 1.82) is 0 Å². The van der Waals surface area contributed by atoms with E-state index in [0.29, 0.717) is 11.3 Å². The Kier molecular flexibility index (Phi) is 8.87. The molecular weight excluding hydrogens is 402 g/mol. The number of aromatic nitrogens is 4. The molecule has 8 nitrogen and oxygen atoms in total. The monoisotopic (exact) mass is 425 g/mol. The standard InChI is InChI=1S/C14H17N3O3S.C4H6N2.ClH/c1-3-21(19,20)15-13-6-4-12(5-7-13)14(18)10-17-9-8-16(2)11-17;1-6-3-2-5-4-6;/h4-9,11H,3,10H2,1-2H3;2-4H,1H3;1H. The number of halogens is 1. The maximum absolute atomic E-state index is 12.1. The number of nitrogens with one attached hydrogen (secondary N) is 1. The molecule has 3 rings (SSSR count). The lowest BCUT2D eigenvalue weighted by molar-refractivity contribution is -0.671. The Morgan fingerprint density at radius 2 is 1.89 bits per heavy atom. The van der Waals surface area contributed by atoms with Gasteiger partial charge in [0.25, 0.3) is 0 Å². The average molecular weight is 426 g/mol. The highest BCUT2D eigenvalue weighted by atomic mass is 35.5. The van der Waals surface area contributed by atoms with Gasteiger partial charge in [-0.2, -0.15) is 0 Å². The first-order valence-corrected chi connectivity index (χ1v) is 10.0. The largest absolute Gasteiger partial charge is 1.00 e. The van der Waals surface area contributed by atoms with Gasteiger partial charge < -0.3 is 17.0 Å². The van der Waals surface area contributed by atoms with Crippen molar-refractivity contribution in [1.82, 2.24) is 14.1 Å². The number of sulfonamides is 1. The molecule has 0 fully saturated rings. The van der Waals surface area contributed by atoms with E-state index < -0.39 is 10.0 Å². The molecule has 0 saturated heterocycles. The summed E-state index contributed by atoms with van der Waals surface area (Å²) >= 11 is 0. The molecule has 0 amide bonds. The van der Waals surface area contributed by atoms with Crippen molar-refractivity contribution in [2.45, 2.75) is 13.5 Å². The van der Waals surface area contributed by atoms with E-state index in [0.717, 1.165) is 0 Å². The van der Waals surface area contributed by atoms with E-state index in [-0.39, 0.29) is 30.5 Å². The van der Waals surface area contributed by atoms with Gasteiger partial charge in [-0.25, -0.2) is 22.5 Å². The first-order chi connectivity index (χ1) is 12.8. The van der Waals surface area contributed by atoms with Crippen LogP contribution < -0.4 is 21.7 Å². The topological polar surface area (TPSA) is 89.9 Å². The molecule has 1 N–H and O–H groups in total. The van der Waals surface area contributed by atoms with Crippen LogP contribution in [0.5, 0.6) is 0 Å². The normalized spacial score (nSPS) is 10.4. The molecule has 0 radical (unpaired) electrons. The van der Waals surface area contributed by atoms with Crippen LogP contribution >= 0.6 is 0 Å². The fourth-order valence-electron chi connectivity index (χ4n) is 2.15. The Balaban J connectivity index is 0.000000478. The molecule has 2 aromatic heterocycles.